The number of nitrogens with zero attached hydrogens (tertiary/aromatic N) is 1. The molecule has 2 aromatic rings. The van der Waals surface area contributed by atoms with E-state index in [1.54, 1.807) is 0 Å². The minimum absolute atomic E-state index is 0.00574. The van der Waals surface area contributed by atoms with Crippen LogP contribution in [-0.4, -0.2) is 16.2 Å². The van der Waals surface area contributed by atoms with Crippen LogP contribution in [0.2, 0.25) is 0 Å². The van der Waals surface area contributed by atoms with Crippen molar-refractivity contribution in [3.05, 3.63) is 39.8 Å². The van der Waals surface area contributed by atoms with E-state index in [-0.39, 0.29) is 22.6 Å². The Kier molecular flexibility index (Phi) is 2.97. The van der Waals surface area contributed by atoms with Crippen LogP contribution in [-0.2, 0) is 0 Å². The summed E-state index contributed by atoms with van der Waals surface area (Å²) >= 11 is 3.19. The van der Waals surface area contributed by atoms with Crippen molar-refractivity contribution in [3.8, 4) is 11.3 Å². The zero-order valence-electron chi connectivity index (χ0n) is 8.70. The molecule has 0 aliphatic carbocycles. The van der Waals surface area contributed by atoms with E-state index in [2.05, 4.69) is 21.1 Å². The van der Waals surface area contributed by atoms with E-state index >= 15 is 0 Å². The number of aryl methyl sites for hydroxylation is 1. The zero-order valence-corrected chi connectivity index (χ0v) is 10.3. The molecule has 1 aromatic carbocycles. The Morgan fingerprint density at radius 2 is 2.24 bits per heavy atom. The Morgan fingerprint density at radius 3 is 2.88 bits per heavy atom. The second-order valence-corrected chi connectivity index (χ2v) is 4.31. The highest BCUT2D eigenvalue weighted by molar-refractivity contribution is 9.10. The van der Waals surface area contributed by atoms with Gasteiger partial charge >= 0.3 is 5.97 Å². The molecule has 1 aromatic heterocycles. The summed E-state index contributed by atoms with van der Waals surface area (Å²) in [7, 11) is 0. The highest BCUT2D eigenvalue weighted by atomic mass is 79.9. The number of carboxylic acids is 1. The maximum atomic E-state index is 13.6. The Morgan fingerprint density at radius 1 is 1.53 bits per heavy atom. The van der Waals surface area contributed by atoms with Crippen molar-refractivity contribution in [2.24, 2.45) is 0 Å². The summed E-state index contributed by atoms with van der Waals surface area (Å²) in [6, 6.07) is 4.21. The van der Waals surface area contributed by atoms with Crippen LogP contribution < -0.4 is 0 Å². The molecule has 0 bridgehead atoms. The molecule has 0 spiro atoms. The molecule has 0 aliphatic heterocycles. The number of carboxylic acid groups (broad SMARTS) is 1. The first-order chi connectivity index (χ1) is 8.00. The van der Waals surface area contributed by atoms with E-state index in [4.69, 9.17) is 9.63 Å². The van der Waals surface area contributed by atoms with Gasteiger partial charge < -0.3 is 9.63 Å². The molecule has 0 radical (unpaired) electrons. The van der Waals surface area contributed by atoms with Crippen LogP contribution in [0.25, 0.3) is 11.3 Å². The highest BCUT2D eigenvalue weighted by Crippen LogP contribution is 2.29. The minimum Gasteiger partial charge on any atom is -0.477 e. The van der Waals surface area contributed by atoms with Crippen LogP contribution in [0, 0.1) is 12.7 Å². The van der Waals surface area contributed by atoms with Crippen molar-refractivity contribution >= 4 is 21.9 Å². The fourth-order valence-corrected chi connectivity index (χ4v) is 1.85. The molecule has 0 atom stereocenters. The Bertz CT molecular complexity index is 594. The van der Waals surface area contributed by atoms with Crippen molar-refractivity contribution < 1.29 is 18.8 Å². The topological polar surface area (TPSA) is 63.3 Å². The number of carbonyl (C=O) groups is 1. The third-order valence-corrected chi connectivity index (χ3v) is 2.75. The van der Waals surface area contributed by atoms with Crippen molar-refractivity contribution in [1.82, 2.24) is 5.16 Å². The summed E-state index contributed by atoms with van der Waals surface area (Å²) < 4.78 is 19.0. The first kappa shape index (κ1) is 11.8. The first-order valence-electron chi connectivity index (χ1n) is 4.65. The molecule has 6 heteroatoms. The van der Waals surface area contributed by atoms with Crippen LogP contribution in [0.3, 0.4) is 0 Å². The summed E-state index contributed by atoms with van der Waals surface area (Å²) in [4.78, 5) is 11.0. The zero-order chi connectivity index (χ0) is 12.6. The van der Waals surface area contributed by atoms with E-state index in [0.29, 0.717) is 4.47 Å². The Hall–Kier alpha value is -1.69. The van der Waals surface area contributed by atoms with Gasteiger partial charge in [0.1, 0.15) is 22.8 Å². The molecular formula is C11H7BrFNO3. The van der Waals surface area contributed by atoms with Gasteiger partial charge in [-0.1, -0.05) is 21.1 Å². The number of hydrogen-bond donors (Lipinski definition) is 1. The molecule has 0 saturated heterocycles. The quantitative estimate of drug-likeness (QED) is 0.924. The average molecular weight is 300 g/mol. The molecule has 88 valence electrons. The summed E-state index contributed by atoms with van der Waals surface area (Å²) in [5.74, 6) is -1.60. The lowest BCUT2D eigenvalue weighted by Gasteiger charge is -2.01. The number of aromatic nitrogens is 1. The summed E-state index contributed by atoms with van der Waals surface area (Å²) in [6.45, 7) is 1.47. The van der Waals surface area contributed by atoms with Gasteiger partial charge in [-0.2, -0.15) is 0 Å². The summed E-state index contributed by atoms with van der Waals surface area (Å²) in [5, 5.41) is 12.6. The predicted molar refractivity (Wildman–Crippen MR) is 61.3 cm³/mol. The largest absolute Gasteiger partial charge is 0.477 e. The van der Waals surface area contributed by atoms with Gasteiger partial charge in [0.05, 0.1) is 0 Å². The average Bonchev–Trinajstić information content (AvgIpc) is 2.64. The lowest BCUT2D eigenvalue weighted by atomic mass is 10.1. The second kappa shape index (κ2) is 4.29. The Labute approximate surface area is 104 Å². The van der Waals surface area contributed by atoms with Gasteiger partial charge in [0.15, 0.2) is 0 Å². The Balaban J connectivity index is 2.68. The number of hydrogen-bond acceptors (Lipinski definition) is 3. The van der Waals surface area contributed by atoms with Gasteiger partial charge in [-0.05, 0) is 25.1 Å². The molecule has 0 saturated carbocycles. The van der Waals surface area contributed by atoms with Crippen molar-refractivity contribution in [2.45, 2.75) is 6.92 Å². The summed E-state index contributed by atoms with van der Waals surface area (Å²) in [5.41, 5.74) is -0.0376. The fraction of sp³-hybridized carbons (Fsp3) is 0.0909. The van der Waals surface area contributed by atoms with Gasteiger partial charge in [0, 0.05) is 10.0 Å². The monoisotopic (exact) mass is 299 g/mol. The van der Waals surface area contributed by atoms with E-state index in [0.717, 1.165) is 0 Å². The molecule has 0 aliphatic rings. The van der Waals surface area contributed by atoms with E-state index in [9.17, 15) is 9.18 Å². The third-order valence-electron chi connectivity index (χ3n) is 2.26. The van der Waals surface area contributed by atoms with Crippen LogP contribution in [0.4, 0.5) is 4.39 Å². The maximum absolute atomic E-state index is 13.6. The normalized spacial score (nSPS) is 10.5. The number of rotatable bonds is 2. The second-order valence-electron chi connectivity index (χ2n) is 3.39. The maximum Gasteiger partial charge on any atom is 0.341 e. The van der Waals surface area contributed by atoms with Gasteiger partial charge in [0.2, 0.25) is 0 Å². The molecule has 1 N–H and O–H groups in total. The van der Waals surface area contributed by atoms with Crippen LogP contribution >= 0.6 is 15.9 Å². The molecule has 4 nitrogen and oxygen atoms in total. The highest BCUT2D eigenvalue weighted by Gasteiger charge is 2.23. The fourth-order valence-electron chi connectivity index (χ4n) is 1.49. The SMILES string of the molecule is Cc1onc(-c2cc(Br)ccc2F)c1C(=O)O. The molecule has 17 heavy (non-hydrogen) atoms. The standard InChI is InChI=1S/C11H7BrFNO3/c1-5-9(11(15)16)10(14-17-5)7-4-6(12)2-3-8(7)13/h2-4H,1H3,(H,15,16). The van der Waals surface area contributed by atoms with Crippen molar-refractivity contribution in [3.63, 3.8) is 0 Å². The first-order valence-corrected chi connectivity index (χ1v) is 5.45. The molecular weight excluding hydrogens is 293 g/mol. The van der Waals surface area contributed by atoms with E-state index in [1.165, 1.54) is 25.1 Å². The predicted octanol–water partition coefficient (Wildman–Crippen LogP) is 3.25. The molecule has 0 amide bonds. The minimum atomic E-state index is -1.20. The lowest BCUT2D eigenvalue weighted by molar-refractivity contribution is 0.0696. The number of benzene rings is 1. The van der Waals surface area contributed by atoms with Crippen molar-refractivity contribution in [2.75, 3.05) is 0 Å². The number of halogens is 2. The number of aromatic carboxylic acids is 1. The molecule has 2 rings (SSSR count). The third kappa shape index (κ3) is 2.08. The molecule has 0 fully saturated rings. The van der Waals surface area contributed by atoms with Gasteiger partial charge in [-0.3, -0.25) is 0 Å². The van der Waals surface area contributed by atoms with Crippen LogP contribution in [0.1, 0.15) is 16.1 Å². The van der Waals surface area contributed by atoms with E-state index in [1.807, 2.05) is 0 Å². The smallest absolute Gasteiger partial charge is 0.341 e. The molecule has 0 unspecified atom stereocenters. The van der Waals surface area contributed by atoms with Gasteiger partial charge in [0.25, 0.3) is 0 Å². The van der Waals surface area contributed by atoms with Gasteiger partial charge in [-0.25, -0.2) is 9.18 Å². The van der Waals surface area contributed by atoms with Gasteiger partial charge in [-0.15, -0.1) is 0 Å². The lowest BCUT2D eigenvalue weighted by Crippen LogP contribution is -2.00. The van der Waals surface area contributed by atoms with Crippen LogP contribution in [0.5, 0.6) is 0 Å². The van der Waals surface area contributed by atoms with Crippen LogP contribution in [0.15, 0.2) is 27.2 Å². The summed E-state index contributed by atoms with van der Waals surface area (Å²) in [6.07, 6.45) is 0. The van der Waals surface area contributed by atoms with Crippen molar-refractivity contribution in [1.29, 1.82) is 0 Å². The van der Waals surface area contributed by atoms with E-state index < -0.39 is 11.8 Å². The molecule has 1 heterocycles.